The first-order chi connectivity index (χ1) is 11.1. The molecule has 1 aliphatic rings. The third-order valence-corrected chi connectivity index (χ3v) is 4.23. The number of nitrogens with two attached hydrogens (primary N) is 1. The number of para-hydroxylation sites is 2. The molecule has 2 aromatic rings. The van der Waals surface area contributed by atoms with Crippen LogP contribution >= 0.6 is 0 Å². The van der Waals surface area contributed by atoms with E-state index in [1.807, 2.05) is 55.4 Å². The molecule has 0 radical (unpaired) electrons. The maximum Gasteiger partial charge on any atom is 0.167 e. The Labute approximate surface area is 137 Å². The van der Waals surface area contributed by atoms with Crippen LogP contribution in [0.2, 0.25) is 0 Å². The standard InChI is InChI=1S/C18H24N4O/c1-20(2)18(19)15-23-14-13-21(18)22(16-9-5-3-6-10-16)17-11-7-4-8-12-17/h3-12H,13-15,19H2,1-2H3. The van der Waals surface area contributed by atoms with E-state index in [0.29, 0.717) is 13.2 Å². The summed E-state index contributed by atoms with van der Waals surface area (Å²) in [5, 5.41) is 4.36. The van der Waals surface area contributed by atoms with Crippen molar-refractivity contribution in [3.63, 3.8) is 0 Å². The second kappa shape index (κ2) is 6.68. The van der Waals surface area contributed by atoms with Crippen molar-refractivity contribution in [2.24, 2.45) is 5.73 Å². The first-order valence-electron chi connectivity index (χ1n) is 7.85. The molecule has 1 fully saturated rings. The molecule has 0 aromatic heterocycles. The van der Waals surface area contributed by atoms with E-state index in [-0.39, 0.29) is 0 Å². The second-order valence-electron chi connectivity index (χ2n) is 5.93. The highest BCUT2D eigenvalue weighted by molar-refractivity contribution is 5.62. The van der Waals surface area contributed by atoms with Gasteiger partial charge in [-0.05, 0) is 38.4 Å². The molecular formula is C18H24N4O. The van der Waals surface area contributed by atoms with Crippen LogP contribution in [0.1, 0.15) is 0 Å². The van der Waals surface area contributed by atoms with Crippen LogP contribution in [-0.2, 0) is 4.74 Å². The van der Waals surface area contributed by atoms with Crippen LogP contribution in [0.25, 0.3) is 0 Å². The number of morpholine rings is 1. The smallest absolute Gasteiger partial charge is 0.167 e. The number of rotatable bonds is 4. The van der Waals surface area contributed by atoms with Crippen molar-refractivity contribution >= 4 is 11.4 Å². The van der Waals surface area contributed by atoms with E-state index >= 15 is 0 Å². The van der Waals surface area contributed by atoms with Gasteiger partial charge in [0.15, 0.2) is 5.79 Å². The highest BCUT2D eigenvalue weighted by atomic mass is 16.5. The Morgan fingerprint density at radius 1 is 0.957 bits per heavy atom. The topological polar surface area (TPSA) is 45.0 Å². The van der Waals surface area contributed by atoms with Crippen LogP contribution in [0.5, 0.6) is 0 Å². The SMILES string of the molecule is CN(C)C1(N)COCCN1N(c1ccccc1)c1ccccc1. The minimum atomic E-state index is -0.704. The average Bonchev–Trinajstić information content (AvgIpc) is 2.59. The fourth-order valence-corrected chi connectivity index (χ4v) is 2.84. The zero-order valence-corrected chi connectivity index (χ0v) is 13.7. The van der Waals surface area contributed by atoms with Gasteiger partial charge in [0.25, 0.3) is 0 Å². The van der Waals surface area contributed by atoms with Crippen LogP contribution in [0.3, 0.4) is 0 Å². The van der Waals surface area contributed by atoms with Gasteiger partial charge >= 0.3 is 0 Å². The number of benzene rings is 2. The molecule has 0 saturated carbocycles. The van der Waals surface area contributed by atoms with E-state index in [4.69, 9.17) is 10.5 Å². The summed E-state index contributed by atoms with van der Waals surface area (Å²) in [5.41, 5.74) is 8.87. The van der Waals surface area contributed by atoms with Gasteiger partial charge in [0.2, 0.25) is 0 Å². The average molecular weight is 312 g/mol. The Bertz CT molecular complexity index is 580. The quantitative estimate of drug-likeness (QED) is 0.877. The lowest BCUT2D eigenvalue weighted by atomic mass is 10.2. The molecule has 1 aliphatic heterocycles. The van der Waals surface area contributed by atoms with E-state index in [1.165, 1.54) is 0 Å². The molecule has 5 heteroatoms. The number of nitrogens with zero attached hydrogens (tertiary/aromatic N) is 3. The van der Waals surface area contributed by atoms with E-state index in [1.54, 1.807) is 0 Å². The van der Waals surface area contributed by atoms with Gasteiger partial charge in [0, 0.05) is 6.54 Å². The van der Waals surface area contributed by atoms with Crippen LogP contribution in [0, 0.1) is 0 Å². The summed E-state index contributed by atoms with van der Waals surface area (Å²) in [6.45, 7) is 1.83. The number of hydrazine groups is 1. The summed E-state index contributed by atoms with van der Waals surface area (Å²) in [6.07, 6.45) is 0. The summed E-state index contributed by atoms with van der Waals surface area (Å²) in [7, 11) is 3.96. The largest absolute Gasteiger partial charge is 0.375 e. The predicted molar refractivity (Wildman–Crippen MR) is 93.2 cm³/mol. The van der Waals surface area contributed by atoms with Crippen LogP contribution < -0.4 is 10.7 Å². The second-order valence-corrected chi connectivity index (χ2v) is 5.93. The van der Waals surface area contributed by atoms with Crippen molar-refractivity contribution in [3.8, 4) is 0 Å². The minimum Gasteiger partial charge on any atom is -0.375 e. The fourth-order valence-electron chi connectivity index (χ4n) is 2.84. The van der Waals surface area contributed by atoms with Gasteiger partial charge in [0.05, 0.1) is 24.6 Å². The van der Waals surface area contributed by atoms with Crippen molar-refractivity contribution in [1.29, 1.82) is 0 Å². The summed E-state index contributed by atoms with van der Waals surface area (Å²) >= 11 is 0. The monoisotopic (exact) mass is 312 g/mol. The molecule has 23 heavy (non-hydrogen) atoms. The van der Waals surface area contributed by atoms with E-state index in [2.05, 4.69) is 34.3 Å². The number of anilines is 2. The maximum atomic E-state index is 6.71. The van der Waals surface area contributed by atoms with E-state index in [9.17, 15) is 0 Å². The summed E-state index contributed by atoms with van der Waals surface area (Å²) in [5.74, 6) is -0.704. The number of hydrogen-bond donors (Lipinski definition) is 1. The third kappa shape index (κ3) is 3.09. The Morgan fingerprint density at radius 3 is 1.96 bits per heavy atom. The Balaban J connectivity index is 2.07. The molecule has 3 rings (SSSR count). The molecule has 0 spiro atoms. The zero-order chi connectivity index (χ0) is 16.3. The van der Waals surface area contributed by atoms with E-state index < -0.39 is 5.79 Å². The molecule has 0 bridgehead atoms. The molecule has 2 N–H and O–H groups in total. The van der Waals surface area contributed by atoms with Gasteiger partial charge in [-0.3, -0.25) is 15.6 Å². The third-order valence-electron chi connectivity index (χ3n) is 4.23. The molecule has 1 heterocycles. The molecule has 1 atom stereocenters. The molecule has 122 valence electrons. The molecule has 5 nitrogen and oxygen atoms in total. The summed E-state index contributed by atoms with van der Waals surface area (Å²) < 4.78 is 5.66. The van der Waals surface area contributed by atoms with Gasteiger partial charge in [-0.25, -0.2) is 0 Å². The van der Waals surface area contributed by atoms with Gasteiger partial charge in [-0.1, -0.05) is 36.4 Å². The number of hydrogen-bond acceptors (Lipinski definition) is 5. The lowest BCUT2D eigenvalue weighted by Gasteiger charge is -2.52. The highest BCUT2D eigenvalue weighted by Gasteiger charge is 2.42. The first kappa shape index (κ1) is 16.0. The molecule has 1 unspecified atom stereocenters. The predicted octanol–water partition coefficient (Wildman–Crippen LogP) is 2.25. The van der Waals surface area contributed by atoms with Crippen LogP contribution in [0.4, 0.5) is 11.4 Å². The van der Waals surface area contributed by atoms with Gasteiger partial charge in [-0.15, -0.1) is 0 Å². The fraction of sp³-hybridized carbons (Fsp3) is 0.333. The Kier molecular flexibility index (Phi) is 4.63. The van der Waals surface area contributed by atoms with Crippen LogP contribution in [0.15, 0.2) is 60.7 Å². The Hall–Kier alpha value is -1.92. The maximum absolute atomic E-state index is 6.71. The van der Waals surface area contributed by atoms with Gasteiger partial charge in [-0.2, -0.15) is 5.01 Å². The van der Waals surface area contributed by atoms with Crippen molar-refractivity contribution in [1.82, 2.24) is 9.91 Å². The summed E-state index contributed by atoms with van der Waals surface area (Å²) in [4.78, 5) is 2.00. The number of ether oxygens (including phenoxy) is 1. The molecular weight excluding hydrogens is 288 g/mol. The molecule has 0 aliphatic carbocycles. The molecule has 0 amide bonds. The van der Waals surface area contributed by atoms with Crippen LogP contribution in [-0.4, -0.2) is 49.5 Å². The lowest BCUT2D eigenvalue weighted by Crippen LogP contribution is -2.73. The normalized spacial score (nSPS) is 22.3. The lowest BCUT2D eigenvalue weighted by molar-refractivity contribution is -0.133. The highest BCUT2D eigenvalue weighted by Crippen LogP contribution is 2.32. The van der Waals surface area contributed by atoms with Gasteiger partial charge < -0.3 is 4.74 Å². The summed E-state index contributed by atoms with van der Waals surface area (Å²) in [6, 6.07) is 20.6. The minimum absolute atomic E-state index is 0.455. The zero-order valence-electron chi connectivity index (χ0n) is 13.7. The molecule has 2 aromatic carbocycles. The Morgan fingerprint density at radius 2 is 1.48 bits per heavy atom. The van der Waals surface area contributed by atoms with Crippen molar-refractivity contribution in [2.45, 2.75) is 5.79 Å². The van der Waals surface area contributed by atoms with Crippen molar-refractivity contribution in [2.75, 3.05) is 38.9 Å². The van der Waals surface area contributed by atoms with Crippen molar-refractivity contribution < 1.29 is 4.74 Å². The van der Waals surface area contributed by atoms with Gasteiger partial charge in [0.1, 0.15) is 0 Å². The first-order valence-corrected chi connectivity index (χ1v) is 7.85. The molecule has 1 saturated heterocycles. The van der Waals surface area contributed by atoms with E-state index in [0.717, 1.165) is 17.9 Å². The van der Waals surface area contributed by atoms with Crippen molar-refractivity contribution in [3.05, 3.63) is 60.7 Å². The number of likely N-dealkylation sites (N-methyl/N-ethyl adjacent to an activating group) is 1.